The van der Waals surface area contributed by atoms with Gasteiger partial charge in [0.1, 0.15) is 30.3 Å². The molecular weight excluding hydrogens is 536 g/mol. The number of hydrogen-bond donors (Lipinski definition) is 2. The van der Waals surface area contributed by atoms with Crippen LogP contribution < -0.4 is 20.5 Å². The van der Waals surface area contributed by atoms with Gasteiger partial charge in [0.25, 0.3) is 5.91 Å². The Balaban J connectivity index is 1.76. The number of nitrogens with two attached hydrogens (primary N) is 1. The van der Waals surface area contributed by atoms with Gasteiger partial charge in [0.15, 0.2) is 0 Å². The van der Waals surface area contributed by atoms with Crippen LogP contribution in [-0.2, 0) is 22.7 Å². The van der Waals surface area contributed by atoms with Crippen LogP contribution in [-0.4, -0.2) is 31.1 Å². The Hall–Kier alpha value is -5.31. The van der Waals surface area contributed by atoms with Crippen molar-refractivity contribution in [2.75, 3.05) is 24.3 Å². The van der Waals surface area contributed by atoms with E-state index < -0.39 is 17.8 Å². The van der Waals surface area contributed by atoms with Gasteiger partial charge in [0.05, 0.1) is 35.7 Å². The van der Waals surface area contributed by atoms with Crippen molar-refractivity contribution in [2.24, 2.45) is 0 Å². The predicted molar refractivity (Wildman–Crippen MR) is 159 cm³/mol. The van der Waals surface area contributed by atoms with E-state index in [4.69, 9.17) is 24.7 Å². The monoisotopic (exact) mass is 568 g/mol. The van der Waals surface area contributed by atoms with Crippen LogP contribution in [0.2, 0.25) is 0 Å². The zero-order chi connectivity index (χ0) is 29.9. The van der Waals surface area contributed by atoms with Crippen LogP contribution in [0.25, 0.3) is 0 Å². The van der Waals surface area contributed by atoms with Crippen molar-refractivity contribution in [3.05, 3.63) is 119 Å². The van der Waals surface area contributed by atoms with Gasteiger partial charge in [0.2, 0.25) is 0 Å². The van der Waals surface area contributed by atoms with Gasteiger partial charge >= 0.3 is 11.9 Å². The van der Waals surface area contributed by atoms with E-state index in [0.717, 1.165) is 11.1 Å². The second-order valence-corrected chi connectivity index (χ2v) is 9.06. The first-order valence-electron chi connectivity index (χ1n) is 13.5. The Morgan fingerprint density at radius 1 is 0.643 bits per heavy atom. The van der Waals surface area contributed by atoms with Crippen LogP contribution in [0.15, 0.2) is 91.0 Å². The molecule has 0 saturated heterocycles. The van der Waals surface area contributed by atoms with Crippen LogP contribution in [0.1, 0.15) is 56.0 Å². The van der Waals surface area contributed by atoms with Crippen molar-refractivity contribution in [1.82, 2.24) is 0 Å². The van der Waals surface area contributed by atoms with Crippen molar-refractivity contribution in [3.8, 4) is 11.5 Å². The third-order valence-corrected chi connectivity index (χ3v) is 6.13. The van der Waals surface area contributed by atoms with Crippen molar-refractivity contribution in [2.45, 2.75) is 27.1 Å². The third kappa shape index (κ3) is 7.45. The molecular formula is C33H32N2O7. The smallest absolute Gasteiger partial charge is 0.342 e. The minimum absolute atomic E-state index is 0.0557. The summed E-state index contributed by atoms with van der Waals surface area (Å²) in [7, 11) is 0. The molecule has 0 unspecified atom stereocenters. The van der Waals surface area contributed by atoms with E-state index in [-0.39, 0.29) is 66.0 Å². The van der Waals surface area contributed by atoms with Crippen LogP contribution in [0, 0.1) is 0 Å². The molecule has 4 aromatic rings. The standard InChI is InChI=1S/C33H32N2O7/c1-3-39-32(37)24-16-11-17-27(34)30(24)35-31(36)25-18-29(42-21-23-14-9-6-10-15-23)26(33(38)40-4-2)19-28(25)41-20-22-12-7-5-8-13-22/h5-19H,3-4,20-21,34H2,1-2H3,(H,35,36). The molecule has 4 aromatic carbocycles. The van der Waals surface area contributed by atoms with E-state index in [1.807, 2.05) is 60.7 Å². The lowest BCUT2D eigenvalue weighted by atomic mass is 10.1. The van der Waals surface area contributed by atoms with Crippen molar-refractivity contribution in [3.63, 3.8) is 0 Å². The minimum Gasteiger partial charge on any atom is -0.488 e. The quantitative estimate of drug-likeness (QED) is 0.157. The normalized spacial score (nSPS) is 10.4. The minimum atomic E-state index is -0.638. The van der Waals surface area contributed by atoms with E-state index in [1.165, 1.54) is 18.2 Å². The number of rotatable bonds is 12. The number of ether oxygens (including phenoxy) is 4. The number of amides is 1. The van der Waals surface area contributed by atoms with Gasteiger partial charge in [-0.05, 0) is 49.2 Å². The van der Waals surface area contributed by atoms with Gasteiger partial charge in [-0.25, -0.2) is 9.59 Å². The fraction of sp³-hybridized carbons (Fsp3) is 0.182. The van der Waals surface area contributed by atoms with Crippen LogP contribution >= 0.6 is 0 Å². The highest BCUT2D eigenvalue weighted by molar-refractivity contribution is 6.12. The fourth-order valence-corrected chi connectivity index (χ4v) is 4.08. The molecule has 0 aliphatic rings. The zero-order valence-electron chi connectivity index (χ0n) is 23.4. The maximum atomic E-state index is 13.8. The first-order valence-corrected chi connectivity index (χ1v) is 13.5. The highest BCUT2D eigenvalue weighted by Gasteiger charge is 2.25. The molecule has 0 atom stereocenters. The summed E-state index contributed by atoms with van der Waals surface area (Å²) in [6, 6.07) is 26.3. The SMILES string of the molecule is CCOC(=O)c1cc(OCc2ccccc2)c(C(=O)Nc2c(N)cccc2C(=O)OCC)cc1OCc1ccccc1. The summed E-state index contributed by atoms with van der Waals surface area (Å²) in [5.74, 6) is -1.67. The highest BCUT2D eigenvalue weighted by atomic mass is 16.5. The summed E-state index contributed by atoms with van der Waals surface area (Å²) in [4.78, 5) is 39.4. The zero-order valence-corrected chi connectivity index (χ0v) is 23.4. The van der Waals surface area contributed by atoms with Gasteiger partial charge < -0.3 is 30.0 Å². The summed E-state index contributed by atoms with van der Waals surface area (Å²) in [6.45, 7) is 3.93. The summed E-state index contributed by atoms with van der Waals surface area (Å²) in [5, 5.41) is 2.73. The Labute approximate surface area is 244 Å². The Kier molecular flexibility index (Phi) is 10.1. The van der Waals surface area contributed by atoms with Crippen LogP contribution in [0.5, 0.6) is 11.5 Å². The number of nitrogens with one attached hydrogen (secondary N) is 1. The topological polar surface area (TPSA) is 126 Å². The van der Waals surface area contributed by atoms with E-state index in [1.54, 1.807) is 26.0 Å². The number of anilines is 2. The van der Waals surface area contributed by atoms with Crippen molar-refractivity contribution in [1.29, 1.82) is 0 Å². The van der Waals surface area contributed by atoms with Crippen molar-refractivity contribution < 1.29 is 33.3 Å². The van der Waals surface area contributed by atoms with Gasteiger partial charge in [-0.2, -0.15) is 0 Å². The summed E-state index contributed by atoms with van der Waals surface area (Å²) in [5.41, 5.74) is 8.38. The molecule has 0 radical (unpaired) electrons. The first kappa shape index (κ1) is 29.7. The average molecular weight is 569 g/mol. The highest BCUT2D eigenvalue weighted by Crippen LogP contribution is 2.33. The molecule has 9 nitrogen and oxygen atoms in total. The average Bonchev–Trinajstić information content (AvgIpc) is 3.01. The number of para-hydroxylation sites is 1. The lowest BCUT2D eigenvalue weighted by Crippen LogP contribution is -2.19. The van der Waals surface area contributed by atoms with Gasteiger partial charge in [-0.15, -0.1) is 0 Å². The molecule has 1 amide bonds. The molecule has 3 N–H and O–H groups in total. The maximum absolute atomic E-state index is 13.8. The number of carbonyl (C=O) groups is 3. The molecule has 0 spiro atoms. The second kappa shape index (κ2) is 14.4. The predicted octanol–water partition coefficient (Wildman–Crippen LogP) is 6.03. The Morgan fingerprint density at radius 3 is 1.69 bits per heavy atom. The molecule has 0 aromatic heterocycles. The van der Waals surface area contributed by atoms with Gasteiger partial charge in [0, 0.05) is 0 Å². The van der Waals surface area contributed by atoms with E-state index in [2.05, 4.69) is 5.32 Å². The molecule has 0 bridgehead atoms. The summed E-state index contributed by atoms with van der Waals surface area (Å²) >= 11 is 0. The number of benzene rings is 4. The largest absolute Gasteiger partial charge is 0.488 e. The molecule has 0 heterocycles. The lowest BCUT2D eigenvalue weighted by Gasteiger charge is -2.18. The number of esters is 2. The first-order chi connectivity index (χ1) is 20.4. The summed E-state index contributed by atoms with van der Waals surface area (Å²) in [6.07, 6.45) is 0. The molecule has 42 heavy (non-hydrogen) atoms. The number of carbonyl (C=O) groups excluding carboxylic acids is 3. The number of hydrogen-bond acceptors (Lipinski definition) is 8. The molecule has 0 saturated carbocycles. The van der Waals surface area contributed by atoms with Gasteiger partial charge in [-0.1, -0.05) is 66.7 Å². The second-order valence-electron chi connectivity index (χ2n) is 9.06. The summed E-state index contributed by atoms with van der Waals surface area (Å²) < 4.78 is 22.5. The lowest BCUT2D eigenvalue weighted by molar-refractivity contribution is 0.0513. The van der Waals surface area contributed by atoms with Crippen LogP contribution in [0.4, 0.5) is 11.4 Å². The molecule has 0 fully saturated rings. The Bertz CT molecular complexity index is 1540. The molecule has 0 aliphatic heterocycles. The Morgan fingerprint density at radius 2 is 1.14 bits per heavy atom. The van der Waals surface area contributed by atoms with Crippen molar-refractivity contribution >= 4 is 29.2 Å². The van der Waals surface area contributed by atoms with Crippen LogP contribution in [0.3, 0.4) is 0 Å². The third-order valence-electron chi connectivity index (χ3n) is 6.13. The number of nitrogen functional groups attached to an aromatic ring is 1. The fourth-order valence-electron chi connectivity index (χ4n) is 4.08. The van der Waals surface area contributed by atoms with E-state index in [9.17, 15) is 14.4 Å². The molecule has 0 aliphatic carbocycles. The molecule has 4 rings (SSSR count). The van der Waals surface area contributed by atoms with Gasteiger partial charge in [-0.3, -0.25) is 4.79 Å². The maximum Gasteiger partial charge on any atom is 0.342 e. The molecule has 9 heteroatoms. The van der Waals surface area contributed by atoms with E-state index >= 15 is 0 Å². The van der Waals surface area contributed by atoms with E-state index in [0.29, 0.717) is 0 Å². The molecule has 216 valence electrons.